The molecule has 0 heterocycles. The Hall–Kier alpha value is -1.91. The first-order valence-electron chi connectivity index (χ1n) is 5.63. The number of aliphatic carboxylic acids is 1. The van der Waals surface area contributed by atoms with Crippen LogP contribution in [0.25, 0.3) is 0 Å². The van der Waals surface area contributed by atoms with Crippen molar-refractivity contribution in [3.63, 3.8) is 0 Å². The normalized spacial score (nSPS) is 10.1. The summed E-state index contributed by atoms with van der Waals surface area (Å²) in [6, 6.07) is 4.06. The summed E-state index contributed by atoms with van der Waals surface area (Å²) in [4.78, 5) is 22.0. The lowest BCUT2D eigenvalue weighted by atomic mass is 10.0. The van der Waals surface area contributed by atoms with Crippen LogP contribution < -0.4 is 4.74 Å². The summed E-state index contributed by atoms with van der Waals surface area (Å²) >= 11 is 0. The van der Waals surface area contributed by atoms with Crippen molar-refractivity contribution in [3.05, 3.63) is 29.6 Å². The van der Waals surface area contributed by atoms with Crippen LogP contribution in [-0.2, 0) is 4.79 Å². The highest BCUT2D eigenvalue weighted by atomic mass is 19.1. The molecule has 0 unspecified atom stereocenters. The highest BCUT2D eigenvalue weighted by Gasteiger charge is 2.12. The minimum Gasteiger partial charge on any atom is -0.497 e. The zero-order valence-corrected chi connectivity index (χ0v) is 10.1. The number of halogens is 1. The number of benzene rings is 1. The van der Waals surface area contributed by atoms with Crippen molar-refractivity contribution in [2.24, 2.45) is 0 Å². The fraction of sp³-hybridized carbons (Fsp3) is 0.385. The van der Waals surface area contributed by atoms with Crippen LogP contribution in [-0.4, -0.2) is 24.0 Å². The molecule has 1 aromatic rings. The van der Waals surface area contributed by atoms with Crippen molar-refractivity contribution in [1.82, 2.24) is 0 Å². The smallest absolute Gasteiger partial charge is 0.303 e. The van der Waals surface area contributed by atoms with Crippen molar-refractivity contribution >= 4 is 11.8 Å². The van der Waals surface area contributed by atoms with Crippen LogP contribution in [0, 0.1) is 5.82 Å². The minimum atomic E-state index is -0.891. The first-order valence-corrected chi connectivity index (χ1v) is 5.63. The van der Waals surface area contributed by atoms with Crippen molar-refractivity contribution in [2.45, 2.75) is 25.7 Å². The fourth-order valence-corrected chi connectivity index (χ4v) is 1.55. The second-order valence-electron chi connectivity index (χ2n) is 3.87. The maximum absolute atomic E-state index is 13.5. The Kier molecular flexibility index (Phi) is 5.30. The number of Topliss-reactive ketones (excluding diaryl/α,β-unsaturated/α-hetero) is 1. The molecule has 0 bridgehead atoms. The summed E-state index contributed by atoms with van der Waals surface area (Å²) in [7, 11) is 1.42. The largest absolute Gasteiger partial charge is 0.497 e. The predicted molar refractivity (Wildman–Crippen MR) is 63.4 cm³/mol. The number of methoxy groups -OCH3 is 1. The zero-order chi connectivity index (χ0) is 13.5. The van der Waals surface area contributed by atoms with E-state index in [9.17, 15) is 14.0 Å². The van der Waals surface area contributed by atoms with Gasteiger partial charge in [-0.3, -0.25) is 9.59 Å². The van der Waals surface area contributed by atoms with Crippen molar-refractivity contribution in [3.8, 4) is 5.75 Å². The first-order chi connectivity index (χ1) is 8.54. The molecule has 0 amide bonds. The molecule has 0 aromatic heterocycles. The van der Waals surface area contributed by atoms with Crippen LogP contribution in [0.2, 0.25) is 0 Å². The molecular weight excluding hydrogens is 239 g/mol. The summed E-state index contributed by atoms with van der Waals surface area (Å²) in [5.74, 6) is -1.47. The molecule has 4 nitrogen and oxygen atoms in total. The zero-order valence-electron chi connectivity index (χ0n) is 10.1. The molecule has 0 saturated carbocycles. The number of carbonyl (C=O) groups excluding carboxylic acids is 1. The average Bonchev–Trinajstić information content (AvgIpc) is 2.33. The molecule has 0 aliphatic rings. The quantitative estimate of drug-likeness (QED) is 0.600. The van der Waals surface area contributed by atoms with Crippen LogP contribution in [0.3, 0.4) is 0 Å². The molecule has 1 aromatic carbocycles. The van der Waals surface area contributed by atoms with Gasteiger partial charge in [-0.2, -0.15) is 0 Å². The van der Waals surface area contributed by atoms with E-state index in [0.717, 1.165) is 6.07 Å². The van der Waals surface area contributed by atoms with E-state index in [1.54, 1.807) is 0 Å². The van der Waals surface area contributed by atoms with Gasteiger partial charge >= 0.3 is 5.97 Å². The molecule has 98 valence electrons. The maximum Gasteiger partial charge on any atom is 0.303 e. The highest BCUT2D eigenvalue weighted by molar-refractivity contribution is 5.96. The Morgan fingerprint density at radius 3 is 2.50 bits per heavy atom. The van der Waals surface area contributed by atoms with Gasteiger partial charge in [0.05, 0.1) is 12.7 Å². The van der Waals surface area contributed by atoms with Crippen molar-refractivity contribution < 1.29 is 23.8 Å². The van der Waals surface area contributed by atoms with E-state index in [1.807, 2.05) is 0 Å². The molecule has 1 rings (SSSR count). The number of hydrogen-bond donors (Lipinski definition) is 1. The monoisotopic (exact) mass is 254 g/mol. The maximum atomic E-state index is 13.5. The second-order valence-corrected chi connectivity index (χ2v) is 3.87. The number of carboxylic acid groups (broad SMARTS) is 1. The second kappa shape index (κ2) is 6.74. The van der Waals surface area contributed by atoms with Gasteiger partial charge < -0.3 is 9.84 Å². The molecule has 1 N–H and O–H groups in total. The SMILES string of the molecule is COc1ccc(C(=O)CCCCC(=O)O)c(F)c1. The van der Waals surface area contributed by atoms with Gasteiger partial charge in [0.25, 0.3) is 0 Å². The molecule has 0 aliphatic heterocycles. The van der Waals surface area contributed by atoms with E-state index in [1.165, 1.54) is 19.2 Å². The lowest BCUT2D eigenvalue weighted by Crippen LogP contribution is -2.03. The number of carbonyl (C=O) groups is 2. The summed E-state index contributed by atoms with van der Waals surface area (Å²) in [5.41, 5.74) is 0.0196. The van der Waals surface area contributed by atoms with Crippen LogP contribution in [0.4, 0.5) is 4.39 Å². The average molecular weight is 254 g/mol. The fourth-order valence-electron chi connectivity index (χ4n) is 1.55. The standard InChI is InChI=1S/C13H15FO4/c1-18-9-6-7-10(11(14)8-9)12(15)4-2-3-5-13(16)17/h6-8H,2-5H2,1H3,(H,16,17). The molecule has 0 aliphatic carbocycles. The van der Waals surface area contributed by atoms with Gasteiger partial charge in [0.1, 0.15) is 11.6 Å². The van der Waals surface area contributed by atoms with E-state index >= 15 is 0 Å². The molecule has 0 fully saturated rings. The van der Waals surface area contributed by atoms with Crippen LogP contribution >= 0.6 is 0 Å². The number of carboxylic acids is 1. The number of unbranched alkanes of at least 4 members (excludes halogenated alkanes) is 1. The van der Waals surface area contributed by atoms with Gasteiger partial charge in [-0.05, 0) is 25.0 Å². The Labute approximate surface area is 104 Å². The van der Waals surface area contributed by atoms with Gasteiger partial charge in [0, 0.05) is 18.9 Å². The van der Waals surface area contributed by atoms with Crippen LogP contribution in [0.1, 0.15) is 36.0 Å². The van der Waals surface area contributed by atoms with Crippen LogP contribution in [0.15, 0.2) is 18.2 Å². The predicted octanol–water partition coefficient (Wildman–Crippen LogP) is 2.66. The Bertz CT molecular complexity index is 443. The van der Waals surface area contributed by atoms with E-state index in [2.05, 4.69) is 0 Å². The summed E-state index contributed by atoms with van der Waals surface area (Å²) in [5, 5.41) is 8.44. The van der Waals surface area contributed by atoms with Crippen molar-refractivity contribution in [2.75, 3.05) is 7.11 Å². The van der Waals surface area contributed by atoms with Crippen molar-refractivity contribution in [1.29, 1.82) is 0 Å². The van der Waals surface area contributed by atoms with E-state index in [-0.39, 0.29) is 24.2 Å². The molecule has 0 atom stereocenters. The van der Waals surface area contributed by atoms with E-state index in [0.29, 0.717) is 18.6 Å². The van der Waals surface area contributed by atoms with Gasteiger partial charge in [-0.25, -0.2) is 4.39 Å². The van der Waals surface area contributed by atoms with E-state index in [4.69, 9.17) is 9.84 Å². The molecule has 5 heteroatoms. The number of ether oxygens (including phenoxy) is 1. The molecule has 0 saturated heterocycles. The summed E-state index contributed by atoms with van der Waals surface area (Å²) < 4.78 is 18.4. The topological polar surface area (TPSA) is 63.6 Å². The summed E-state index contributed by atoms with van der Waals surface area (Å²) in [6.07, 6.45) is 1.03. The third-order valence-corrected chi connectivity index (χ3v) is 2.52. The molecule has 0 radical (unpaired) electrons. The van der Waals surface area contributed by atoms with Gasteiger partial charge in [0.15, 0.2) is 5.78 Å². The molecular formula is C13H15FO4. The number of rotatable bonds is 7. The Morgan fingerprint density at radius 1 is 1.28 bits per heavy atom. The van der Waals surface area contributed by atoms with Crippen LogP contribution in [0.5, 0.6) is 5.75 Å². The molecule has 0 spiro atoms. The lowest BCUT2D eigenvalue weighted by Gasteiger charge is -2.04. The Balaban J connectivity index is 2.54. The van der Waals surface area contributed by atoms with Gasteiger partial charge in [-0.15, -0.1) is 0 Å². The van der Waals surface area contributed by atoms with Gasteiger partial charge in [-0.1, -0.05) is 0 Å². The first kappa shape index (κ1) is 14.2. The number of hydrogen-bond acceptors (Lipinski definition) is 3. The Morgan fingerprint density at radius 2 is 1.94 bits per heavy atom. The minimum absolute atomic E-state index is 0.0196. The number of ketones is 1. The summed E-state index contributed by atoms with van der Waals surface area (Å²) in [6.45, 7) is 0. The third-order valence-electron chi connectivity index (χ3n) is 2.52. The third kappa shape index (κ3) is 4.16. The molecule has 18 heavy (non-hydrogen) atoms. The lowest BCUT2D eigenvalue weighted by molar-refractivity contribution is -0.137. The van der Waals surface area contributed by atoms with E-state index < -0.39 is 11.8 Å². The van der Waals surface area contributed by atoms with Gasteiger partial charge in [0.2, 0.25) is 0 Å². The highest BCUT2D eigenvalue weighted by Crippen LogP contribution is 2.18.